The Labute approximate surface area is 157 Å². The number of anilines is 1. The second kappa shape index (κ2) is 6.63. The monoisotopic (exact) mass is 409 g/mol. The van der Waals surface area contributed by atoms with Crippen LogP contribution in [0.15, 0.2) is 58.3 Å². The molecule has 0 radical (unpaired) electrons. The molecule has 8 nitrogen and oxygen atoms in total. The van der Waals surface area contributed by atoms with Gasteiger partial charge in [0.05, 0.1) is 21.4 Å². The number of nitrogens with zero attached hydrogens (tertiary/aromatic N) is 1. The van der Waals surface area contributed by atoms with E-state index >= 15 is 0 Å². The van der Waals surface area contributed by atoms with E-state index in [1.807, 2.05) is 0 Å². The maximum absolute atomic E-state index is 13.3. The van der Waals surface area contributed by atoms with E-state index in [0.717, 1.165) is 6.07 Å². The number of primary amides is 1. The standard InChI is InChI=1S/C17H19N3O5S2/c1-11-9-15(17(18)21)14-7-2-3-8-16(14)20(11)27(24,25)13-6-4-5-12(10-13)26(19,22)23/h2-8,10-11,15H,9H2,1H3,(H2,18,21)(H2,19,22,23). The van der Waals surface area contributed by atoms with E-state index in [2.05, 4.69) is 0 Å². The first-order valence-electron chi connectivity index (χ1n) is 8.09. The fourth-order valence-electron chi connectivity index (χ4n) is 3.35. The van der Waals surface area contributed by atoms with Crippen molar-refractivity contribution in [1.82, 2.24) is 0 Å². The van der Waals surface area contributed by atoms with Gasteiger partial charge in [0.1, 0.15) is 0 Å². The number of primary sulfonamides is 1. The third-order valence-corrected chi connectivity index (χ3v) is 7.40. The number of hydrogen-bond acceptors (Lipinski definition) is 5. The average Bonchev–Trinajstić information content (AvgIpc) is 2.60. The molecule has 2 aromatic carbocycles. The first-order valence-corrected chi connectivity index (χ1v) is 11.1. The number of para-hydroxylation sites is 1. The quantitative estimate of drug-likeness (QED) is 0.771. The molecular weight excluding hydrogens is 390 g/mol. The van der Waals surface area contributed by atoms with Crippen LogP contribution in [-0.4, -0.2) is 28.8 Å². The highest BCUT2D eigenvalue weighted by Crippen LogP contribution is 2.41. The van der Waals surface area contributed by atoms with Gasteiger partial charge in [0, 0.05) is 6.04 Å². The minimum absolute atomic E-state index is 0.201. The van der Waals surface area contributed by atoms with Crippen LogP contribution >= 0.6 is 0 Å². The summed E-state index contributed by atoms with van der Waals surface area (Å²) in [6.07, 6.45) is 0.223. The largest absolute Gasteiger partial charge is 0.369 e. The van der Waals surface area contributed by atoms with Gasteiger partial charge in [0.25, 0.3) is 10.0 Å². The zero-order valence-electron chi connectivity index (χ0n) is 14.4. The average molecular weight is 409 g/mol. The molecule has 0 aliphatic carbocycles. The fourth-order valence-corrected chi connectivity index (χ4v) is 5.72. The van der Waals surface area contributed by atoms with Gasteiger partial charge in [-0.25, -0.2) is 22.0 Å². The molecule has 1 aliphatic heterocycles. The molecule has 27 heavy (non-hydrogen) atoms. The first kappa shape index (κ1) is 19.3. The number of carbonyl (C=O) groups excluding carboxylic acids is 1. The Kier molecular flexibility index (Phi) is 4.74. The topological polar surface area (TPSA) is 141 Å². The van der Waals surface area contributed by atoms with Gasteiger partial charge in [0.2, 0.25) is 15.9 Å². The highest BCUT2D eigenvalue weighted by molar-refractivity contribution is 7.93. The normalized spacial score (nSPS) is 20.1. The van der Waals surface area contributed by atoms with Crippen LogP contribution in [0.5, 0.6) is 0 Å². The van der Waals surface area contributed by atoms with E-state index in [1.165, 1.54) is 22.5 Å². The van der Waals surface area contributed by atoms with Gasteiger partial charge >= 0.3 is 0 Å². The van der Waals surface area contributed by atoms with E-state index in [9.17, 15) is 21.6 Å². The molecule has 144 valence electrons. The van der Waals surface area contributed by atoms with Crippen LogP contribution in [0.3, 0.4) is 0 Å². The number of amides is 1. The third kappa shape index (κ3) is 3.43. The Bertz CT molecular complexity index is 1110. The van der Waals surface area contributed by atoms with Crippen LogP contribution in [0.1, 0.15) is 24.8 Å². The van der Waals surface area contributed by atoms with Crippen molar-refractivity contribution in [3.8, 4) is 0 Å². The molecule has 0 spiro atoms. The number of sulfonamides is 2. The molecule has 0 aromatic heterocycles. The molecule has 2 unspecified atom stereocenters. The summed E-state index contributed by atoms with van der Waals surface area (Å²) in [4.78, 5) is 11.3. The summed E-state index contributed by atoms with van der Waals surface area (Å²) >= 11 is 0. The van der Waals surface area contributed by atoms with Gasteiger partial charge in [0.15, 0.2) is 0 Å². The van der Waals surface area contributed by atoms with Gasteiger partial charge < -0.3 is 5.73 Å². The molecular formula is C17H19N3O5S2. The predicted octanol–water partition coefficient (Wildman–Crippen LogP) is 0.890. The smallest absolute Gasteiger partial charge is 0.264 e. The summed E-state index contributed by atoms with van der Waals surface area (Å²) in [5.74, 6) is -1.12. The van der Waals surface area contributed by atoms with E-state index in [1.54, 1.807) is 31.2 Å². The van der Waals surface area contributed by atoms with Crippen molar-refractivity contribution in [3.05, 3.63) is 54.1 Å². The predicted molar refractivity (Wildman–Crippen MR) is 99.9 cm³/mol. The van der Waals surface area contributed by atoms with Crippen molar-refractivity contribution in [2.45, 2.75) is 35.1 Å². The lowest BCUT2D eigenvalue weighted by Crippen LogP contribution is -2.45. The second-order valence-electron chi connectivity index (χ2n) is 6.42. The van der Waals surface area contributed by atoms with E-state index in [0.29, 0.717) is 11.3 Å². The van der Waals surface area contributed by atoms with Crippen LogP contribution in [0.2, 0.25) is 0 Å². The molecule has 2 atom stereocenters. The highest BCUT2D eigenvalue weighted by Gasteiger charge is 2.39. The minimum Gasteiger partial charge on any atom is -0.369 e. The Morgan fingerprint density at radius 3 is 2.30 bits per heavy atom. The Hall–Kier alpha value is -2.43. The molecule has 1 aliphatic rings. The number of carbonyl (C=O) groups is 1. The second-order valence-corrected chi connectivity index (χ2v) is 9.80. The van der Waals surface area contributed by atoms with E-state index in [-0.39, 0.29) is 16.2 Å². The van der Waals surface area contributed by atoms with Crippen LogP contribution in [0, 0.1) is 0 Å². The van der Waals surface area contributed by atoms with Crippen molar-refractivity contribution in [2.24, 2.45) is 10.9 Å². The van der Waals surface area contributed by atoms with Crippen LogP contribution in [0.25, 0.3) is 0 Å². The van der Waals surface area contributed by atoms with Gasteiger partial charge in [-0.05, 0) is 43.2 Å². The van der Waals surface area contributed by atoms with Gasteiger partial charge in [-0.3, -0.25) is 9.10 Å². The zero-order valence-corrected chi connectivity index (χ0v) is 16.1. The molecule has 0 saturated heterocycles. The fraction of sp³-hybridized carbons (Fsp3) is 0.235. The molecule has 0 saturated carbocycles. The molecule has 0 bridgehead atoms. The zero-order chi connectivity index (χ0) is 20.0. The molecule has 2 aromatic rings. The maximum Gasteiger partial charge on any atom is 0.264 e. The molecule has 3 rings (SSSR count). The van der Waals surface area contributed by atoms with Gasteiger partial charge in [-0.2, -0.15) is 0 Å². The van der Waals surface area contributed by atoms with E-state index < -0.39 is 37.9 Å². The molecule has 0 fully saturated rings. The Morgan fingerprint density at radius 1 is 1.04 bits per heavy atom. The van der Waals surface area contributed by atoms with Gasteiger partial charge in [-0.1, -0.05) is 24.3 Å². The lowest BCUT2D eigenvalue weighted by atomic mass is 9.87. The van der Waals surface area contributed by atoms with Crippen LogP contribution in [-0.2, 0) is 24.8 Å². The number of fused-ring (bicyclic) bond motifs is 1. The first-order chi connectivity index (χ1) is 12.5. The lowest BCUT2D eigenvalue weighted by molar-refractivity contribution is -0.119. The summed E-state index contributed by atoms with van der Waals surface area (Å²) < 4.78 is 51.0. The highest BCUT2D eigenvalue weighted by atomic mass is 32.2. The summed E-state index contributed by atoms with van der Waals surface area (Å²) in [6, 6.07) is 11.0. The number of benzene rings is 2. The number of rotatable bonds is 4. The van der Waals surface area contributed by atoms with Crippen molar-refractivity contribution < 1.29 is 21.6 Å². The Morgan fingerprint density at radius 2 is 1.67 bits per heavy atom. The van der Waals surface area contributed by atoms with Crippen molar-refractivity contribution in [3.63, 3.8) is 0 Å². The third-order valence-electron chi connectivity index (χ3n) is 4.56. The maximum atomic E-state index is 13.3. The lowest BCUT2D eigenvalue weighted by Gasteiger charge is -2.38. The van der Waals surface area contributed by atoms with Crippen molar-refractivity contribution in [2.75, 3.05) is 4.31 Å². The van der Waals surface area contributed by atoms with E-state index in [4.69, 9.17) is 10.9 Å². The van der Waals surface area contributed by atoms with Crippen molar-refractivity contribution in [1.29, 1.82) is 0 Å². The summed E-state index contributed by atoms with van der Waals surface area (Å²) in [7, 11) is -8.15. The summed E-state index contributed by atoms with van der Waals surface area (Å²) in [5.41, 5.74) is 6.36. The van der Waals surface area contributed by atoms with Gasteiger partial charge in [-0.15, -0.1) is 0 Å². The van der Waals surface area contributed by atoms with Crippen LogP contribution in [0.4, 0.5) is 5.69 Å². The molecule has 4 N–H and O–H groups in total. The summed E-state index contributed by atoms with van der Waals surface area (Å²) in [5, 5.41) is 5.12. The molecule has 1 amide bonds. The minimum atomic E-state index is -4.10. The number of nitrogens with two attached hydrogens (primary N) is 2. The molecule has 10 heteroatoms. The Balaban J connectivity index is 2.17. The van der Waals surface area contributed by atoms with Crippen molar-refractivity contribution >= 4 is 31.6 Å². The summed E-state index contributed by atoms with van der Waals surface area (Å²) in [6.45, 7) is 1.67. The SMILES string of the molecule is CC1CC(C(N)=O)c2ccccc2N1S(=O)(=O)c1cccc(S(N)(=O)=O)c1. The van der Waals surface area contributed by atoms with Crippen LogP contribution < -0.4 is 15.2 Å². The molecule has 1 heterocycles. The number of hydrogen-bond donors (Lipinski definition) is 2.